The SMILES string of the molecule is COC(=O)[C@H](C)NP(=O)(OC[C@H]1O[C@@H](n2ccc(N)nc2=O)C(F)(F)[C@@H]1O)Oc1ccccc1. The monoisotopic (exact) mass is 504 g/mol. The summed E-state index contributed by atoms with van der Waals surface area (Å²) in [4.78, 5) is 27.1. The Morgan fingerprint density at radius 1 is 1.38 bits per heavy atom. The third kappa shape index (κ3) is 5.59. The van der Waals surface area contributed by atoms with E-state index in [-0.39, 0.29) is 11.6 Å². The van der Waals surface area contributed by atoms with Gasteiger partial charge in [0.05, 0.1) is 13.7 Å². The molecule has 0 bridgehead atoms. The average Bonchev–Trinajstić information content (AvgIpc) is 3.01. The van der Waals surface area contributed by atoms with Crippen molar-refractivity contribution in [2.75, 3.05) is 19.5 Å². The molecule has 1 unspecified atom stereocenters. The predicted octanol–water partition coefficient (Wildman–Crippen LogP) is 1.07. The standard InChI is InChI=1S/C19H23F2N4O8P/c1-11(16(27)30-2)24-34(29,33-12-6-4-3-5-7-12)31-10-13-15(26)19(20,21)17(32-13)25-9-8-14(22)23-18(25)28/h3-9,11,13,15,17,26H,10H2,1-2H3,(H,24,29)(H2,22,23,28)/t11-,13+,15+,17+,34?/m0/s1. The van der Waals surface area contributed by atoms with Crippen LogP contribution in [-0.4, -0.2) is 58.5 Å². The summed E-state index contributed by atoms with van der Waals surface area (Å²) in [5.41, 5.74) is 4.25. The Balaban J connectivity index is 1.80. The van der Waals surface area contributed by atoms with Crippen molar-refractivity contribution in [1.82, 2.24) is 14.6 Å². The summed E-state index contributed by atoms with van der Waals surface area (Å²) in [6, 6.07) is 7.67. The zero-order valence-corrected chi connectivity index (χ0v) is 18.9. The first-order valence-electron chi connectivity index (χ1n) is 9.87. The topological polar surface area (TPSA) is 164 Å². The van der Waals surface area contributed by atoms with E-state index in [1.807, 2.05) is 0 Å². The van der Waals surface area contributed by atoms with Crippen LogP contribution in [0.3, 0.4) is 0 Å². The smallest absolute Gasteiger partial charge is 0.459 e. The van der Waals surface area contributed by atoms with E-state index in [0.29, 0.717) is 4.57 Å². The maximum atomic E-state index is 14.7. The molecule has 0 amide bonds. The summed E-state index contributed by atoms with van der Waals surface area (Å²) >= 11 is 0. The molecule has 12 nitrogen and oxygen atoms in total. The number of halogens is 2. The number of para-hydroxylation sites is 1. The van der Waals surface area contributed by atoms with Crippen molar-refractivity contribution >= 4 is 19.5 Å². The lowest BCUT2D eigenvalue weighted by atomic mass is 10.1. The lowest BCUT2D eigenvalue weighted by Crippen LogP contribution is -2.42. The molecule has 1 saturated heterocycles. The fourth-order valence-corrected chi connectivity index (χ4v) is 4.56. The third-order valence-electron chi connectivity index (χ3n) is 4.77. The number of benzene rings is 1. The number of esters is 1. The van der Waals surface area contributed by atoms with Crippen molar-refractivity contribution in [3.63, 3.8) is 0 Å². The van der Waals surface area contributed by atoms with Crippen LogP contribution in [0.4, 0.5) is 14.6 Å². The van der Waals surface area contributed by atoms with Crippen LogP contribution in [0.25, 0.3) is 0 Å². The van der Waals surface area contributed by atoms with Gasteiger partial charge >= 0.3 is 25.3 Å². The molecule has 2 aromatic rings. The van der Waals surface area contributed by atoms with Gasteiger partial charge in [-0.05, 0) is 25.1 Å². The van der Waals surface area contributed by atoms with Crippen LogP contribution >= 0.6 is 7.75 Å². The highest BCUT2D eigenvalue weighted by atomic mass is 31.2. The number of carbonyl (C=O) groups excluding carboxylic acids is 1. The van der Waals surface area contributed by atoms with E-state index in [1.54, 1.807) is 18.2 Å². The fourth-order valence-electron chi connectivity index (χ4n) is 3.06. The van der Waals surface area contributed by atoms with Crippen LogP contribution in [0, 0.1) is 0 Å². The number of hydrogen-bond donors (Lipinski definition) is 3. The van der Waals surface area contributed by atoms with Crippen molar-refractivity contribution in [2.24, 2.45) is 0 Å². The highest BCUT2D eigenvalue weighted by molar-refractivity contribution is 7.52. The number of nitrogens with zero attached hydrogens (tertiary/aromatic N) is 2. The molecule has 1 aromatic heterocycles. The number of aromatic nitrogens is 2. The molecule has 0 saturated carbocycles. The minimum atomic E-state index is -4.38. The van der Waals surface area contributed by atoms with Crippen LogP contribution in [0.1, 0.15) is 13.2 Å². The van der Waals surface area contributed by atoms with E-state index in [0.717, 1.165) is 19.4 Å². The Hall–Kier alpha value is -2.90. The fraction of sp³-hybridized carbons (Fsp3) is 0.421. The first-order chi connectivity index (χ1) is 16.0. The van der Waals surface area contributed by atoms with E-state index < -0.39 is 56.4 Å². The first-order valence-corrected chi connectivity index (χ1v) is 11.4. The molecule has 1 aromatic carbocycles. The predicted molar refractivity (Wildman–Crippen MR) is 113 cm³/mol. The number of aliphatic hydroxyl groups excluding tert-OH is 1. The highest BCUT2D eigenvalue weighted by Gasteiger charge is 2.60. The second-order valence-electron chi connectivity index (χ2n) is 7.26. The molecule has 4 N–H and O–H groups in total. The van der Waals surface area contributed by atoms with E-state index in [2.05, 4.69) is 14.8 Å². The maximum absolute atomic E-state index is 14.7. The number of carbonyl (C=O) groups is 1. The van der Waals surface area contributed by atoms with Gasteiger partial charge in [0.15, 0.2) is 6.10 Å². The number of nitrogen functional groups attached to an aromatic ring is 1. The molecule has 2 heterocycles. The average molecular weight is 504 g/mol. The second-order valence-corrected chi connectivity index (χ2v) is 8.95. The highest BCUT2D eigenvalue weighted by Crippen LogP contribution is 2.47. The summed E-state index contributed by atoms with van der Waals surface area (Å²) in [6.45, 7) is 0.469. The Labute approximate surface area is 192 Å². The van der Waals surface area contributed by atoms with Crippen molar-refractivity contribution in [1.29, 1.82) is 0 Å². The quantitative estimate of drug-likeness (QED) is 0.331. The van der Waals surface area contributed by atoms with E-state index in [9.17, 15) is 28.0 Å². The summed E-state index contributed by atoms with van der Waals surface area (Å²) in [7, 11) is -3.26. The lowest BCUT2D eigenvalue weighted by molar-refractivity contribution is -0.142. The molecule has 15 heteroatoms. The van der Waals surface area contributed by atoms with Crippen molar-refractivity contribution in [3.8, 4) is 5.75 Å². The van der Waals surface area contributed by atoms with Crippen LogP contribution in [0.2, 0.25) is 0 Å². The molecule has 34 heavy (non-hydrogen) atoms. The number of nitrogens with two attached hydrogens (primary N) is 1. The van der Waals surface area contributed by atoms with Crippen molar-refractivity contribution < 1.29 is 41.8 Å². The summed E-state index contributed by atoms with van der Waals surface area (Å²) in [6.07, 6.45) is -5.45. The van der Waals surface area contributed by atoms with Crippen LogP contribution in [0.15, 0.2) is 47.4 Å². The minimum Gasteiger partial charge on any atom is -0.468 e. The molecular weight excluding hydrogens is 481 g/mol. The Kier molecular flexibility index (Phi) is 7.68. The second kappa shape index (κ2) is 10.2. The number of nitrogens with one attached hydrogen (secondary N) is 1. The largest absolute Gasteiger partial charge is 0.468 e. The normalized spacial score (nSPS) is 24.2. The first kappa shape index (κ1) is 25.7. The minimum absolute atomic E-state index is 0.0889. The molecular formula is C19H23F2N4O8P. The van der Waals surface area contributed by atoms with Crippen LogP contribution in [0.5, 0.6) is 5.75 Å². The molecule has 0 spiro atoms. The number of hydrogen-bond acceptors (Lipinski definition) is 10. The van der Waals surface area contributed by atoms with Gasteiger partial charge in [-0.15, -0.1) is 0 Å². The Morgan fingerprint density at radius 3 is 2.68 bits per heavy atom. The Bertz CT molecular complexity index is 1120. The number of anilines is 1. The number of rotatable bonds is 9. The summed E-state index contributed by atoms with van der Waals surface area (Å²) in [5, 5.41) is 12.5. The van der Waals surface area contributed by atoms with Gasteiger partial charge in [0.25, 0.3) is 0 Å². The summed E-state index contributed by atoms with van der Waals surface area (Å²) < 4.78 is 63.6. The van der Waals surface area contributed by atoms with Crippen molar-refractivity contribution in [2.45, 2.75) is 37.3 Å². The van der Waals surface area contributed by atoms with E-state index in [4.69, 9.17) is 19.5 Å². The molecule has 0 radical (unpaired) electrons. The number of ether oxygens (including phenoxy) is 2. The van der Waals surface area contributed by atoms with Crippen LogP contribution < -0.4 is 21.0 Å². The van der Waals surface area contributed by atoms with E-state index in [1.165, 1.54) is 19.1 Å². The van der Waals surface area contributed by atoms with Gasteiger partial charge in [-0.2, -0.15) is 18.9 Å². The van der Waals surface area contributed by atoms with Gasteiger partial charge in [0.1, 0.15) is 23.7 Å². The van der Waals surface area contributed by atoms with Gasteiger partial charge in [-0.3, -0.25) is 13.9 Å². The third-order valence-corrected chi connectivity index (χ3v) is 6.41. The molecule has 3 rings (SSSR count). The lowest BCUT2D eigenvalue weighted by Gasteiger charge is -2.24. The molecule has 186 valence electrons. The van der Waals surface area contributed by atoms with Gasteiger partial charge in [0, 0.05) is 6.20 Å². The number of alkyl halides is 2. The number of methoxy groups -OCH3 is 1. The zero-order chi connectivity index (χ0) is 25.1. The number of aliphatic hydroxyl groups is 1. The van der Waals surface area contributed by atoms with Gasteiger partial charge < -0.3 is 24.8 Å². The van der Waals surface area contributed by atoms with Crippen molar-refractivity contribution in [3.05, 3.63) is 53.1 Å². The Morgan fingerprint density at radius 2 is 2.06 bits per heavy atom. The van der Waals surface area contributed by atoms with Gasteiger partial charge in [-0.1, -0.05) is 18.2 Å². The maximum Gasteiger partial charge on any atom is 0.459 e. The summed E-state index contributed by atoms with van der Waals surface area (Å²) in [5.74, 6) is -4.83. The molecule has 5 atom stereocenters. The molecule has 1 aliphatic heterocycles. The van der Waals surface area contributed by atoms with E-state index >= 15 is 0 Å². The molecule has 1 aliphatic rings. The van der Waals surface area contributed by atoms with Crippen LogP contribution in [-0.2, 0) is 23.4 Å². The molecule has 1 fully saturated rings. The zero-order valence-electron chi connectivity index (χ0n) is 18.0. The molecule has 0 aliphatic carbocycles. The van der Waals surface area contributed by atoms with Gasteiger partial charge in [-0.25, -0.2) is 9.36 Å². The van der Waals surface area contributed by atoms with Gasteiger partial charge in [0.2, 0.25) is 6.23 Å².